The van der Waals surface area contributed by atoms with Crippen molar-refractivity contribution in [3.05, 3.63) is 23.8 Å². The maximum atomic E-state index is 13.4. The zero-order chi connectivity index (χ0) is 22.3. The van der Waals surface area contributed by atoms with Gasteiger partial charge in [-0.05, 0) is 31.0 Å². The minimum atomic E-state index is -6.90. The fourth-order valence-corrected chi connectivity index (χ4v) is 2.44. The Bertz CT molecular complexity index is 893. The molecule has 0 fully saturated rings. The number of hydrogen-bond donors (Lipinski definition) is 1. The highest BCUT2D eigenvalue weighted by molar-refractivity contribution is 5.92. The molecule has 162 valence electrons. The topological polar surface area (TPSA) is 68.0 Å². The highest BCUT2D eigenvalue weighted by atomic mass is 19.4. The van der Waals surface area contributed by atoms with Crippen molar-refractivity contribution in [3.8, 4) is 0 Å². The van der Waals surface area contributed by atoms with Gasteiger partial charge < -0.3 is 5.11 Å². The second-order valence-corrected chi connectivity index (χ2v) is 6.13. The number of carbonyl (C=O) groups is 1. The quantitative estimate of drug-likeness (QED) is 0.478. The summed E-state index contributed by atoms with van der Waals surface area (Å²) in [5, 5.41) is 16.1. The number of carboxylic acid groups (broad SMARTS) is 1. The number of hydrogen-bond acceptors (Lipinski definition) is 3. The van der Waals surface area contributed by atoms with Crippen LogP contribution in [-0.2, 0) is 6.54 Å². The van der Waals surface area contributed by atoms with E-state index in [0.717, 1.165) is 4.68 Å². The first-order chi connectivity index (χ1) is 13.1. The number of benzene rings is 1. The first-order valence-corrected chi connectivity index (χ1v) is 7.88. The van der Waals surface area contributed by atoms with E-state index in [-0.39, 0.29) is 29.6 Å². The van der Waals surface area contributed by atoms with Gasteiger partial charge in [0.05, 0.1) is 11.1 Å². The minimum Gasteiger partial charge on any atom is -0.478 e. The lowest BCUT2D eigenvalue weighted by Gasteiger charge is -2.33. The van der Waals surface area contributed by atoms with E-state index in [1.807, 2.05) is 0 Å². The number of rotatable bonds is 8. The predicted octanol–water partition coefficient (Wildman–Crippen LogP) is 4.77. The third kappa shape index (κ3) is 4.10. The van der Waals surface area contributed by atoms with Gasteiger partial charge in [-0.3, -0.25) is 0 Å². The van der Waals surface area contributed by atoms with Crippen LogP contribution in [0.1, 0.15) is 29.6 Å². The van der Waals surface area contributed by atoms with Gasteiger partial charge in [0.15, 0.2) is 0 Å². The van der Waals surface area contributed by atoms with Crippen LogP contribution in [0.15, 0.2) is 18.2 Å². The molecular formula is C15H12F9N3O2. The van der Waals surface area contributed by atoms with Crippen molar-refractivity contribution in [2.45, 2.75) is 49.8 Å². The molecule has 0 radical (unpaired) electrons. The van der Waals surface area contributed by atoms with Gasteiger partial charge in [-0.1, -0.05) is 5.21 Å². The third-order valence-electron chi connectivity index (χ3n) is 4.08. The van der Waals surface area contributed by atoms with E-state index in [9.17, 15) is 44.3 Å². The van der Waals surface area contributed by atoms with Crippen molar-refractivity contribution in [1.29, 1.82) is 0 Å². The lowest BCUT2D eigenvalue weighted by Crippen LogP contribution is -2.60. The van der Waals surface area contributed by atoms with Crippen molar-refractivity contribution in [3.63, 3.8) is 0 Å². The van der Waals surface area contributed by atoms with Crippen LogP contribution < -0.4 is 0 Å². The number of halogens is 9. The Morgan fingerprint density at radius 3 is 2.14 bits per heavy atom. The Morgan fingerprint density at radius 2 is 1.59 bits per heavy atom. The molecule has 1 aromatic heterocycles. The third-order valence-corrected chi connectivity index (χ3v) is 4.08. The minimum absolute atomic E-state index is 0.1000. The monoisotopic (exact) mass is 437 g/mol. The SMILES string of the molecule is O=C(O)c1ccc2c(c1)nnn2CCCCC(F)(F)C(F)(F)C(F)(F)C(F)(F)F. The summed E-state index contributed by atoms with van der Waals surface area (Å²) in [6.07, 6.45) is -9.89. The summed E-state index contributed by atoms with van der Waals surface area (Å²) < 4.78 is 116. The van der Waals surface area contributed by atoms with E-state index in [4.69, 9.17) is 5.11 Å². The summed E-state index contributed by atoms with van der Waals surface area (Å²) in [5.74, 6) is -20.4. The zero-order valence-corrected chi connectivity index (χ0v) is 14.2. The molecule has 14 heteroatoms. The number of aromatic nitrogens is 3. The summed E-state index contributed by atoms with van der Waals surface area (Å²) in [6.45, 7) is -0.194. The number of aryl methyl sites for hydroxylation is 1. The highest BCUT2D eigenvalue weighted by Gasteiger charge is 2.81. The number of aromatic carboxylic acids is 1. The van der Waals surface area contributed by atoms with Crippen LogP contribution in [0.2, 0.25) is 0 Å². The maximum absolute atomic E-state index is 13.4. The molecule has 1 heterocycles. The summed E-state index contributed by atoms with van der Waals surface area (Å²) in [4.78, 5) is 10.9. The smallest absolute Gasteiger partial charge is 0.460 e. The number of nitrogens with zero attached hydrogens (tertiary/aromatic N) is 3. The van der Waals surface area contributed by atoms with E-state index in [0.29, 0.717) is 0 Å². The summed E-state index contributed by atoms with van der Waals surface area (Å²) in [5.41, 5.74) is 0.333. The van der Waals surface area contributed by atoms with E-state index in [2.05, 4.69) is 10.3 Å². The van der Waals surface area contributed by atoms with Gasteiger partial charge in [0.1, 0.15) is 5.52 Å². The molecule has 0 unspecified atom stereocenters. The number of unbranched alkanes of at least 4 members (excludes halogenated alkanes) is 1. The molecule has 0 spiro atoms. The Labute approximate surface area is 156 Å². The zero-order valence-electron chi connectivity index (χ0n) is 14.2. The lowest BCUT2D eigenvalue weighted by atomic mass is 9.99. The molecule has 0 bridgehead atoms. The summed E-state index contributed by atoms with van der Waals surface area (Å²) in [7, 11) is 0. The van der Waals surface area contributed by atoms with Gasteiger partial charge in [0.25, 0.3) is 0 Å². The van der Waals surface area contributed by atoms with Crippen LogP contribution in [0.25, 0.3) is 11.0 Å². The molecule has 0 amide bonds. The molecule has 0 aliphatic heterocycles. The molecule has 1 N–H and O–H groups in total. The van der Waals surface area contributed by atoms with E-state index < -0.39 is 42.8 Å². The molecule has 2 aromatic rings. The van der Waals surface area contributed by atoms with Crippen LogP contribution in [0.4, 0.5) is 39.5 Å². The number of fused-ring (bicyclic) bond motifs is 1. The number of carboxylic acids is 1. The number of alkyl halides is 9. The van der Waals surface area contributed by atoms with Crippen molar-refractivity contribution >= 4 is 17.0 Å². The predicted molar refractivity (Wildman–Crippen MR) is 79.2 cm³/mol. The second-order valence-electron chi connectivity index (χ2n) is 6.13. The van der Waals surface area contributed by atoms with Gasteiger partial charge >= 0.3 is 29.9 Å². The Balaban J connectivity index is 2.03. The fourth-order valence-electron chi connectivity index (χ4n) is 2.44. The molecule has 0 atom stereocenters. The molecule has 29 heavy (non-hydrogen) atoms. The fraction of sp³-hybridized carbons (Fsp3) is 0.533. The van der Waals surface area contributed by atoms with Gasteiger partial charge in [0, 0.05) is 13.0 Å². The second kappa shape index (κ2) is 7.37. The summed E-state index contributed by atoms with van der Waals surface area (Å²) >= 11 is 0. The van der Waals surface area contributed by atoms with E-state index in [1.165, 1.54) is 18.2 Å². The van der Waals surface area contributed by atoms with Crippen LogP contribution in [0.5, 0.6) is 0 Å². The summed E-state index contributed by atoms with van der Waals surface area (Å²) in [6, 6.07) is 3.69. The Hall–Kier alpha value is -2.54. The molecular weight excluding hydrogens is 425 g/mol. The van der Waals surface area contributed by atoms with Crippen molar-refractivity contribution in [2.75, 3.05) is 0 Å². The van der Waals surface area contributed by atoms with Gasteiger partial charge in [-0.2, -0.15) is 39.5 Å². The average molecular weight is 437 g/mol. The van der Waals surface area contributed by atoms with Crippen molar-refractivity contribution < 1.29 is 49.4 Å². The van der Waals surface area contributed by atoms with Gasteiger partial charge in [0.2, 0.25) is 0 Å². The molecule has 0 saturated carbocycles. The molecule has 0 saturated heterocycles. The molecule has 2 rings (SSSR count). The molecule has 1 aromatic carbocycles. The maximum Gasteiger partial charge on any atom is 0.460 e. The van der Waals surface area contributed by atoms with Crippen LogP contribution in [-0.4, -0.2) is 50.0 Å². The standard InChI is InChI=1S/C15H12F9N3O2/c16-12(17,13(18,19)14(20,21)15(22,23)24)5-1-2-6-27-10-4-3-8(11(28)29)7-9(10)25-26-27/h3-4,7H,1-2,5-6H2,(H,28,29). The van der Waals surface area contributed by atoms with Gasteiger partial charge in [-0.25, -0.2) is 9.48 Å². The normalized spacial score (nSPS) is 13.8. The molecule has 5 nitrogen and oxygen atoms in total. The highest BCUT2D eigenvalue weighted by Crippen LogP contribution is 2.54. The molecule has 0 aliphatic rings. The van der Waals surface area contributed by atoms with Crippen LogP contribution >= 0.6 is 0 Å². The van der Waals surface area contributed by atoms with Gasteiger partial charge in [-0.15, -0.1) is 5.10 Å². The first kappa shape index (κ1) is 22.7. The van der Waals surface area contributed by atoms with Crippen LogP contribution in [0, 0.1) is 0 Å². The lowest BCUT2D eigenvalue weighted by molar-refractivity contribution is -0.396. The average Bonchev–Trinajstić information content (AvgIpc) is 2.99. The van der Waals surface area contributed by atoms with Crippen LogP contribution in [0.3, 0.4) is 0 Å². The van der Waals surface area contributed by atoms with Crippen molar-refractivity contribution in [1.82, 2.24) is 15.0 Å². The van der Waals surface area contributed by atoms with E-state index >= 15 is 0 Å². The first-order valence-electron chi connectivity index (χ1n) is 7.88. The van der Waals surface area contributed by atoms with E-state index in [1.54, 1.807) is 0 Å². The molecule has 0 aliphatic carbocycles. The Morgan fingerprint density at radius 1 is 0.966 bits per heavy atom. The largest absolute Gasteiger partial charge is 0.478 e. The Kier molecular flexibility index (Phi) is 5.78. The van der Waals surface area contributed by atoms with Crippen molar-refractivity contribution in [2.24, 2.45) is 0 Å².